The van der Waals surface area contributed by atoms with Crippen LogP contribution >= 0.6 is 0 Å². The molecule has 0 fully saturated rings. The van der Waals surface area contributed by atoms with E-state index in [4.69, 9.17) is 15.2 Å². The quantitative estimate of drug-likeness (QED) is 0.876. The van der Waals surface area contributed by atoms with Crippen molar-refractivity contribution in [2.24, 2.45) is 5.73 Å². The van der Waals surface area contributed by atoms with Gasteiger partial charge in [-0.05, 0) is 24.1 Å². The summed E-state index contributed by atoms with van der Waals surface area (Å²) in [6, 6.07) is 15.9. The fourth-order valence-corrected chi connectivity index (χ4v) is 2.24. The minimum absolute atomic E-state index is 0.209. The number of benzene rings is 2. The molecule has 3 nitrogen and oxygen atoms in total. The lowest BCUT2D eigenvalue weighted by Crippen LogP contribution is -2.19. The second-order valence-electron chi connectivity index (χ2n) is 4.55. The number of ether oxygens (including phenoxy) is 2. The molecule has 0 bridgehead atoms. The number of hydrogen-bond acceptors (Lipinski definition) is 3. The summed E-state index contributed by atoms with van der Waals surface area (Å²) in [6.07, 6.45) is 0.721. The van der Waals surface area contributed by atoms with Gasteiger partial charge < -0.3 is 15.2 Å². The maximum Gasteiger partial charge on any atom is 0.139 e. The van der Waals surface area contributed by atoms with Crippen LogP contribution in [0.5, 0.6) is 11.5 Å². The Balaban J connectivity index is 2.29. The van der Waals surface area contributed by atoms with Crippen LogP contribution in [0.1, 0.15) is 24.2 Å². The topological polar surface area (TPSA) is 44.5 Å². The number of para-hydroxylation sites is 2. The van der Waals surface area contributed by atoms with Crippen LogP contribution in [0.25, 0.3) is 0 Å². The van der Waals surface area contributed by atoms with Gasteiger partial charge in [0, 0.05) is 12.1 Å². The van der Waals surface area contributed by atoms with Gasteiger partial charge in [0.1, 0.15) is 17.6 Å². The predicted octanol–water partition coefficient (Wildman–Crippen LogP) is 3.34. The first-order chi connectivity index (χ1) is 9.80. The normalized spacial score (nSPS) is 11.9. The maximum absolute atomic E-state index is 6.11. The molecule has 20 heavy (non-hydrogen) atoms. The van der Waals surface area contributed by atoms with Crippen molar-refractivity contribution in [1.82, 2.24) is 0 Å². The molecule has 106 valence electrons. The van der Waals surface area contributed by atoms with Gasteiger partial charge in [-0.2, -0.15) is 0 Å². The zero-order chi connectivity index (χ0) is 14.4. The highest BCUT2D eigenvalue weighted by Gasteiger charge is 2.17. The zero-order valence-corrected chi connectivity index (χ0v) is 12.0. The Morgan fingerprint density at radius 3 is 2.30 bits per heavy atom. The highest BCUT2D eigenvalue weighted by Crippen LogP contribution is 2.30. The van der Waals surface area contributed by atoms with Crippen LogP contribution in [0.2, 0.25) is 0 Å². The van der Waals surface area contributed by atoms with Gasteiger partial charge >= 0.3 is 0 Å². The van der Waals surface area contributed by atoms with Crippen LogP contribution in [0.3, 0.4) is 0 Å². The molecule has 2 aromatic carbocycles. The van der Waals surface area contributed by atoms with Gasteiger partial charge in [-0.25, -0.2) is 0 Å². The van der Waals surface area contributed by atoms with E-state index in [-0.39, 0.29) is 6.10 Å². The van der Waals surface area contributed by atoms with E-state index in [0.717, 1.165) is 23.5 Å². The van der Waals surface area contributed by atoms with Crippen LogP contribution in [0.4, 0.5) is 0 Å². The van der Waals surface area contributed by atoms with Crippen LogP contribution in [0.15, 0.2) is 48.5 Å². The average molecular weight is 271 g/mol. The summed E-state index contributed by atoms with van der Waals surface area (Å²) in [6.45, 7) is 2.52. The SMILES string of the molecule is CCc1ccccc1OC(CN)c1ccccc1OC. The number of methoxy groups -OCH3 is 1. The molecule has 0 saturated heterocycles. The van der Waals surface area contributed by atoms with Gasteiger partial charge in [-0.3, -0.25) is 0 Å². The third-order valence-corrected chi connectivity index (χ3v) is 3.32. The summed E-state index contributed by atoms with van der Waals surface area (Å²) in [7, 11) is 1.66. The molecule has 1 unspecified atom stereocenters. The summed E-state index contributed by atoms with van der Waals surface area (Å²) in [5.74, 6) is 1.69. The molecule has 0 amide bonds. The Morgan fingerprint density at radius 2 is 1.65 bits per heavy atom. The van der Waals surface area contributed by atoms with E-state index in [9.17, 15) is 0 Å². The van der Waals surface area contributed by atoms with Crippen LogP contribution in [0, 0.1) is 0 Å². The van der Waals surface area contributed by atoms with Gasteiger partial charge in [0.25, 0.3) is 0 Å². The Bertz CT molecular complexity index is 554. The van der Waals surface area contributed by atoms with Crippen molar-refractivity contribution in [3.63, 3.8) is 0 Å². The van der Waals surface area contributed by atoms with E-state index in [1.54, 1.807) is 7.11 Å². The molecule has 0 aromatic heterocycles. The lowest BCUT2D eigenvalue weighted by Gasteiger charge is -2.21. The van der Waals surface area contributed by atoms with E-state index >= 15 is 0 Å². The van der Waals surface area contributed by atoms with E-state index in [1.807, 2.05) is 42.5 Å². The summed E-state index contributed by atoms with van der Waals surface area (Å²) in [4.78, 5) is 0. The van der Waals surface area contributed by atoms with Crippen molar-refractivity contribution < 1.29 is 9.47 Å². The van der Waals surface area contributed by atoms with E-state index in [1.165, 1.54) is 5.56 Å². The molecule has 1 atom stereocenters. The first-order valence-electron chi connectivity index (χ1n) is 6.87. The summed E-state index contributed by atoms with van der Waals surface area (Å²) >= 11 is 0. The smallest absolute Gasteiger partial charge is 0.139 e. The predicted molar refractivity (Wildman–Crippen MR) is 81.2 cm³/mol. The second-order valence-corrected chi connectivity index (χ2v) is 4.55. The minimum Gasteiger partial charge on any atom is -0.496 e. The van der Waals surface area contributed by atoms with Gasteiger partial charge in [-0.1, -0.05) is 43.3 Å². The molecule has 0 radical (unpaired) electrons. The van der Waals surface area contributed by atoms with Gasteiger partial charge in [0.2, 0.25) is 0 Å². The highest BCUT2D eigenvalue weighted by molar-refractivity contribution is 5.38. The highest BCUT2D eigenvalue weighted by atomic mass is 16.5. The lowest BCUT2D eigenvalue weighted by atomic mass is 10.1. The first kappa shape index (κ1) is 14.4. The Hall–Kier alpha value is -2.00. The molecule has 0 aliphatic heterocycles. The Morgan fingerprint density at radius 1 is 1.00 bits per heavy atom. The zero-order valence-electron chi connectivity index (χ0n) is 12.0. The van der Waals surface area contributed by atoms with Crippen LogP contribution < -0.4 is 15.2 Å². The van der Waals surface area contributed by atoms with E-state index in [2.05, 4.69) is 13.0 Å². The van der Waals surface area contributed by atoms with Crippen LogP contribution in [-0.2, 0) is 6.42 Å². The van der Waals surface area contributed by atoms with Crippen molar-refractivity contribution in [3.05, 3.63) is 59.7 Å². The molecular formula is C17H21NO2. The number of hydrogen-bond donors (Lipinski definition) is 1. The molecule has 0 heterocycles. The molecule has 2 N–H and O–H groups in total. The van der Waals surface area contributed by atoms with E-state index in [0.29, 0.717) is 6.54 Å². The fraction of sp³-hybridized carbons (Fsp3) is 0.294. The molecule has 2 rings (SSSR count). The molecule has 0 aliphatic rings. The molecular weight excluding hydrogens is 250 g/mol. The summed E-state index contributed by atoms with van der Waals surface area (Å²) in [5.41, 5.74) is 8.04. The monoisotopic (exact) mass is 271 g/mol. The minimum atomic E-state index is -0.209. The number of nitrogens with two attached hydrogens (primary N) is 1. The van der Waals surface area contributed by atoms with Crippen molar-refractivity contribution in [3.8, 4) is 11.5 Å². The Kier molecular flexibility index (Phi) is 5.02. The van der Waals surface area contributed by atoms with Gasteiger partial charge in [0.05, 0.1) is 7.11 Å². The van der Waals surface area contributed by atoms with Crippen molar-refractivity contribution in [2.75, 3.05) is 13.7 Å². The van der Waals surface area contributed by atoms with Gasteiger partial charge in [-0.15, -0.1) is 0 Å². The maximum atomic E-state index is 6.11. The lowest BCUT2D eigenvalue weighted by molar-refractivity contribution is 0.207. The number of aryl methyl sites for hydroxylation is 1. The van der Waals surface area contributed by atoms with Crippen molar-refractivity contribution >= 4 is 0 Å². The molecule has 0 saturated carbocycles. The molecule has 0 spiro atoms. The largest absolute Gasteiger partial charge is 0.496 e. The Labute approximate surface area is 120 Å². The second kappa shape index (κ2) is 6.96. The first-order valence-corrected chi connectivity index (χ1v) is 6.87. The molecule has 2 aromatic rings. The van der Waals surface area contributed by atoms with Gasteiger partial charge in [0.15, 0.2) is 0 Å². The summed E-state index contributed by atoms with van der Waals surface area (Å²) in [5, 5.41) is 0. The third kappa shape index (κ3) is 3.11. The standard InChI is InChI=1S/C17H21NO2/c1-3-13-8-4-6-10-15(13)20-17(12-18)14-9-5-7-11-16(14)19-2/h4-11,17H,3,12,18H2,1-2H3. The molecule has 3 heteroatoms. The fourth-order valence-electron chi connectivity index (χ4n) is 2.24. The summed E-state index contributed by atoms with van der Waals surface area (Å²) < 4.78 is 11.5. The van der Waals surface area contributed by atoms with Crippen LogP contribution in [-0.4, -0.2) is 13.7 Å². The number of rotatable bonds is 6. The third-order valence-electron chi connectivity index (χ3n) is 3.32. The average Bonchev–Trinajstić information content (AvgIpc) is 2.53. The van der Waals surface area contributed by atoms with E-state index < -0.39 is 0 Å². The van der Waals surface area contributed by atoms with Crippen molar-refractivity contribution in [2.45, 2.75) is 19.4 Å². The van der Waals surface area contributed by atoms with Crippen molar-refractivity contribution in [1.29, 1.82) is 0 Å². The molecule has 0 aliphatic carbocycles.